The number of aryl methyl sites for hydroxylation is 1. The molecule has 3 nitrogen and oxygen atoms in total. The summed E-state index contributed by atoms with van der Waals surface area (Å²) in [5, 5.41) is 13.6. The second-order valence-corrected chi connectivity index (χ2v) is 18.2. The Hall–Kier alpha value is -7.44. The minimum Gasteiger partial charge on any atom is -0.290 e. The topological polar surface area (TPSA) is 30.7 Å². The first-order valence-electron chi connectivity index (χ1n) is 20.9. The number of rotatable bonds is 5. The molecule has 62 heavy (non-hydrogen) atoms. The predicted octanol–water partition coefficient (Wildman–Crippen LogP) is 16.5. The molecule has 0 saturated heterocycles. The van der Waals surface area contributed by atoms with E-state index in [9.17, 15) is 0 Å². The molecule has 0 atom stereocenters. The zero-order chi connectivity index (χ0) is 41.1. The van der Waals surface area contributed by atoms with Crippen LogP contribution >= 0.6 is 22.7 Å². The van der Waals surface area contributed by atoms with Crippen LogP contribution in [0.15, 0.2) is 183 Å². The van der Waals surface area contributed by atoms with Crippen LogP contribution in [0.4, 0.5) is 0 Å². The Morgan fingerprint density at radius 1 is 0.565 bits per heavy atom. The molecule has 0 N–H and O–H groups in total. The van der Waals surface area contributed by atoms with Crippen LogP contribution in [0.5, 0.6) is 0 Å². The van der Waals surface area contributed by atoms with E-state index in [4.69, 9.17) is 9.97 Å². The fourth-order valence-electron chi connectivity index (χ4n) is 9.99. The van der Waals surface area contributed by atoms with Gasteiger partial charge in [0.25, 0.3) is 0 Å². The zero-order valence-electron chi connectivity index (χ0n) is 33.7. The molecular weight excluding hydrogens is 791 g/mol. The minimum atomic E-state index is 0.839. The molecule has 9 aromatic carbocycles. The molecule has 5 heteroatoms. The van der Waals surface area contributed by atoms with Crippen molar-refractivity contribution in [3.05, 3.63) is 199 Å². The zero-order valence-corrected chi connectivity index (χ0v) is 35.3. The molecule has 0 amide bonds. The van der Waals surface area contributed by atoms with Crippen LogP contribution in [-0.2, 0) is 0 Å². The van der Waals surface area contributed by atoms with Crippen molar-refractivity contribution in [1.29, 1.82) is 0 Å². The summed E-state index contributed by atoms with van der Waals surface area (Å²) in [6.07, 6.45) is 4.35. The summed E-state index contributed by atoms with van der Waals surface area (Å²) in [5.74, 6) is 0.839. The first-order valence-corrected chi connectivity index (χ1v) is 22.6. The molecule has 0 fully saturated rings. The van der Waals surface area contributed by atoms with Crippen LogP contribution in [0.3, 0.4) is 0 Å². The smallest absolute Gasteiger partial charge is 0.165 e. The summed E-state index contributed by atoms with van der Waals surface area (Å²) in [4.78, 5) is 12.1. The predicted molar refractivity (Wildman–Crippen MR) is 269 cm³/mol. The summed E-state index contributed by atoms with van der Waals surface area (Å²) in [7, 11) is 0. The Morgan fingerprint density at radius 3 is 2.03 bits per heavy atom. The average Bonchev–Trinajstić information content (AvgIpc) is 4.01. The van der Waals surface area contributed by atoms with Crippen LogP contribution < -0.4 is 0 Å². The van der Waals surface area contributed by atoms with E-state index in [0.717, 1.165) is 49.4 Å². The van der Waals surface area contributed by atoms with Crippen molar-refractivity contribution < 1.29 is 0 Å². The lowest BCUT2D eigenvalue weighted by molar-refractivity contribution is 1.09. The highest BCUT2D eigenvalue weighted by atomic mass is 32.1. The molecule has 0 aliphatic heterocycles. The van der Waals surface area contributed by atoms with Crippen molar-refractivity contribution in [2.24, 2.45) is 0 Å². The van der Waals surface area contributed by atoms with Crippen LogP contribution in [-0.4, -0.2) is 14.5 Å². The van der Waals surface area contributed by atoms with Crippen molar-refractivity contribution >= 4 is 129 Å². The van der Waals surface area contributed by atoms with Gasteiger partial charge in [0.15, 0.2) is 5.82 Å². The molecule has 4 aromatic heterocycles. The number of para-hydroxylation sites is 1. The van der Waals surface area contributed by atoms with Gasteiger partial charge in [0.05, 0.1) is 15.7 Å². The lowest BCUT2D eigenvalue weighted by Gasteiger charge is -2.14. The summed E-state index contributed by atoms with van der Waals surface area (Å²) in [6, 6.07) is 61.3. The number of fused-ring (bicyclic) bond motifs is 16. The molecule has 290 valence electrons. The number of thiophene rings is 2. The third kappa shape index (κ3) is 5.04. The first kappa shape index (κ1) is 35.3. The van der Waals surface area contributed by atoms with E-state index < -0.39 is 0 Å². The number of nitrogens with zero attached hydrogens (tertiary/aromatic N) is 3. The van der Waals surface area contributed by atoms with Gasteiger partial charge in [-0.25, -0.2) is 9.97 Å². The van der Waals surface area contributed by atoms with E-state index in [1.807, 2.05) is 17.4 Å². The molecule has 0 radical (unpaired) electrons. The van der Waals surface area contributed by atoms with Gasteiger partial charge in [0, 0.05) is 41.9 Å². The van der Waals surface area contributed by atoms with Gasteiger partial charge in [-0.05, 0) is 91.8 Å². The molecule has 4 heterocycles. The van der Waals surface area contributed by atoms with Crippen molar-refractivity contribution in [2.45, 2.75) is 6.92 Å². The minimum absolute atomic E-state index is 0.839. The summed E-state index contributed by atoms with van der Waals surface area (Å²) >= 11 is 3.59. The summed E-state index contributed by atoms with van der Waals surface area (Å²) in [5.41, 5.74) is 9.84. The molecule has 0 saturated carbocycles. The van der Waals surface area contributed by atoms with Crippen molar-refractivity contribution in [3.63, 3.8) is 0 Å². The van der Waals surface area contributed by atoms with Crippen LogP contribution in [0, 0.1) is 6.92 Å². The molecule has 0 aliphatic rings. The van der Waals surface area contributed by atoms with Crippen molar-refractivity contribution in [2.75, 3.05) is 0 Å². The Balaban J connectivity index is 1.14. The number of hydrogen-bond donors (Lipinski definition) is 0. The fourth-order valence-corrected chi connectivity index (χ4v) is 12.3. The van der Waals surface area contributed by atoms with Crippen molar-refractivity contribution in [1.82, 2.24) is 14.5 Å². The molecule has 13 rings (SSSR count). The van der Waals surface area contributed by atoms with Gasteiger partial charge in [0.2, 0.25) is 0 Å². The Kier molecular flexibility index (Phi) is 7.71. The molecule has 0 unspecified atom stereocenters. The second kappa shape index (κ2) is 13.5. The standard InChI is InChI=1S/C57H35N3S2/c1-3-34(45-32-37-19-7-8-20-38(37)39-21-9-10-22-40(39)45)31-36-29-30-48-49(33(36)2)51-42-24-12-11-23-41(42)50-43-25-13-15-27-46(43)60(54(50)55(51)61-48)56-52(35-17-5-4-6-18-35)59-57-53(58-56)44-26-14-16-28-47(44)62-57/h3-32H,1H2,2H3/b34-31+. The van der Waals surface area contributed by atoms with Crippen LogP contribution in [0.25, 0.3) is 123 Å². The van der Waals surface area contributed by atoms with Gasteiger partial charge in [-0.2, -0.15) is 0 Å². The molecule has 13 aromatic rings. The van der Waals surface area contributed by atoms with E-state index in [-0.39, 0.29) is 0 Å². The average molecular weight is 826 g/mol. The first-order chi connectivity index (χ1) is 30.6. The van der Waals surface area contributed by atoms with Crippen molar-refractivity contribution in [3.8, 4) is 17.1 Å². The van der Waals surface area contributed by atoms with Gasteiger partial charge < -0.3 is 0 Å². The highest BCUT2D eigenvalue weighted by molar-refractivity contribution is 7.27. The molecule has 0 spiro atoms. The largest absolute Gasteiger partial charge is 0.290 e. The number of aromatic nitrogens is 3. The third-order valence-corrected chi connectivity index (χ3v) is 15.0. The number of benzene rings is 9. The fraction of sp³-hybridized carbons (Fsp3) is 0.0175. The maximum atomic E-state index is 5.66. The van der Waals surface area contributed by atoms with Gasteiger partial charge in [-0.3, -0.25) is 4.57 Å². The highest BCUT2D eigenvalue weighted by Gasteiger charge is 2.26. The SMILES string of the molecule is C=C/C(=C\c1ccc2sc3c(c4ccccc4c4c5ccccc5n(-c5nc6c(nc5-c5ccccc5)sc5ccccc56)c34)c2c1C)c1cc2ccccc2c2ccccc12. The quantitative estimate of drug-likeness (QED) is 0.0983. The highest BCUT2D eigenvalue weighted by Crippen LogP contribution is 2.50. The van der Waals surface area contributed by atoms with E-state index in [1.54, 1.807) is 11.3 Å². The summed E-state index contributed by atoms with van der Waals surface area (Å²) < 4.78 is 6.11. The molecular formula is C57H35N3S2. The maximum absolute atomic E-state index is 5.66. The van der Waals surface area contributed by atoms with Gasteiger partial charge in [-0.15, -0.1) is 22.7 Å². The monoisotopic (exact) mass is 825 g/mol. The number of hydrogen-bond acceptors (Lipinski definition) is 4. The van der Waals surface area contributed by atoms with Crippen LogP contribution in [0.2, 0.25) is 0 Å². The molecule has 0 bridgehead atoms. The normalized spacial score (nSPS) is 12.4. The van der Waals surface area contributed by atoms with Gasteiger partial charge in [0.1, 0.15) is 16.0 Å². The lowest BCUT2D eigenvalue weighted by atomic mass is 9.91. The van der Waals surface area contributed by atoms with E-state index in [2.05, 4.69) is 194 Å². The van der Waals surface area contributed by atoms with E-state index >= 15 is 0 Å². The van der Waals surface area contributed by atoms with Gasteiger partial charge >= 0.3 is 0 Å². The maximum Gasteiger partial charge on any atom is 0.165 e. The Bertz CT molecular complexity index is 4070. The van der Waals surface area contributed by atoms with Gasteiger partial charge in [-0.1, -0.05) is 158 Å². The Labute approximate surface area is 364 Å². The molecule has 0 aliphatic carbocycles. The van der Waals surface area contributed by atoms with E-state index in [0.29, 0.717) is 0 Å². The lowest BCUT2D eigenvalue weighted by Crippen LogP contribution is -2.03. The Morgan fingerprint density at radius 2 is 1.23 bits per heavy atom. The summed E-state index contributed by atoms with van der Waals surface area (Å²) in [6.45, 7) is 6.66. The van der Waals surface area contributed by atoms with Crippen LogP contribution in [0.1, 0.15) is 16.7 Å². The van der Waals surface area contributed by atoms with E-state index in [1.165, 1.54) is 84.7 Å². The number of allylic oxidation sites excluding steroid dienone is 2. The third-order valence-electron chi connectivity index (χ3n) is 12.8. The second-order valence-electron chi connectivity index (χ2n) is 16.1.